The summed E-state index contributed by atoms with van der Waals surface area (Å²) in [5.41, 5.74) is 0. The molecule has 0 aliphatic carbocycles. The van der Waals surface area contributed by atoms with Crippen LogP contribution in [0.5, 0.6) is 0 Å². The summed E-state index contributed by atoms with van der Waals surface area (Å²) >= 11 is 0. The molecule has 0 aromatic heterocycles. The number of hydrogen-bond acceptors (Lipinski definition) is 2. The average molecular weight is 278 g/mol. The summed E-state index contributed by atoms with van der Waals surface area (Å²) in [5.74, 6) is 0. The first-order valence-corrected chi connectivity index (χ1v) is 8.13. The zero-order chi connectivity index (χ0) is 15.2. The SMILES string of the molecule is CC.CC(C)N1C=CC=CCC1.CN1CCC=CCC1. The minimum absolute atomic E-state index is 0.635. The molecule has 0 spiro atoms. The number of nitrogens with zero attached hydrogens (tertiary/aromatic N) is 2. The molecule has 20 heavy (non-hydrogen) atoms. The van der Waals surface area contributed by atoms with Gasteiger partial charge in [0, 0.05) is 25.7 Å². The first-order chi connectivity index (χ1) is 9.70. The standard InChI is InChI=1S/C9H15N.C7H13N.C2H6/c1-9(2)10-7-5-3-4-6-8-10;1-8-6-4-2-3-5-7-8;1-2/h3-5,7,9H,6,8H2,1-2H3;2-3H,4-7H2,1H3;1-2H3. The second kappa shape index (κ2) is 13.0. The molecule has 0 aromatic carbocycles. The highest BCUT2D eigenvalue weighted by molar-refractivity contribution is 5.05. The van der Waals surface area contributed by atoms with Gasteiger partial charge in [-0.25, -0.2) is 0 Å². The van der Waals surface area contributed by atoms with Gasteiger partial charge >= 0.3 is 0 Å². The van der Waals surface area contributed by atoms with E-state index in [4.69, 9.17) is 0 Å². The third-order valence-corrected chi connectivity index (χ3v) is 3.26. The van der Waals surface area contributed by atoms with Crippen molar-refractivity contribution in [2.24, 2.45) is 0 Å². The molecule has 2 heteroatoms. The molecule has 116 valence electrons. The second-order valence-electron chi connectivity index (χ2n) is 5.24. The summed E-state index contributed by atoms with van der Waals surface area (Å²) < 4.78 is 0. The Balaban J connectivity index is 0.000000327. The van der Waals surface area contributed by atoms with E-state index in [1.807, 2.05) is 13.8 Å². The molecule has 0 N–H and O–H groups in total. The van der Waals surface area contributed by atoms with Gasteiger partial charge in [0.05, 0.1) is 0 Å². The van der Waals surface area contributed by atoms with Crippen LogP contribution in [0.25, 0.3) is 0 Å². The van der Waals surface area contributed by atoms with E-state index in [1.165, 1.54) is 32.4 Å². The van der Waals surface area contributed by atoms with E-state index in [0.717, 1.165) is 6.54 Å². The summed E-state index contributed by atoms with van der Waals surface area (Å²) in [6.45, 7) is 12.1. The Morgan fingerprint density at radius 3 is 1.90 bits per heavy atom. The van der Waals surface area contributed by atoms with E-state index >= 15 is 0 Å². The van der Waals surface area contributed by atoms with Crippen LogP contribution in [0.4, 0.5) is 0 Å². The van der Waals surface area contributed by atoms with Gasteiger partial charge in [-0.05, 0) is 52.4 Å². The van der Waals surface area contributed by atoms with Crippen molar-refractivity contribution < 1.29 is 0 Å². The normalized spacial score (nSPS) is 18.6. The fraction of sp³-hybridized carbons (Fsp3) is 0.667. The third kappa shape index (κ3) is 9.85. The van der Waals surface area contributed by atoms with Gasteiger partial charge in [0.2, 0.25) is 0 Å². The largest absolute Gasteiger partial charge is 0.375 e. The van der Waals surface area contributed by atoms with Crippen LogP contribution in [0.15, 0.2) is 36.6 Å². The molecule has 0 amide bonds. The van der Waals surface area contributed by atoms with E-state index < -0.39 is 0 Å². The fourth-order valence-corrected chi connectivity index (χ4v) is 2.00. The van der Waals surface area contributed by atoms with E-state index in [-0.39, 0.29) is 0 Å². The highest BCUT2D eigenvalue weighted by Crippen LogP contribution is 2.04. The topological polar surface area (TPSA) is 6.48 Å². The van der Waals surface area contributed by atoms with Gasteiger partial charge in [0.25, 0.3) is 0 Å². The van der Waals surface area contributed by atoms with Crippen molar-refractivity contribution in [3.05, 3.63) is 36.6 Å². The monoisotopic (exact) mass is 278 g/mol. The zero-order valence-corrected chi connectivity index (χ0v) is 14.2. The van der Waals surface area contributed by atoms with Gasteiger partial charge < -0.3 is 9.80 Å². The molecule has 0 atom stereocenters. The van der Waals surface area contributed by atoms with E-state index in [1.54, 1.807) is 0 Å². The Kier molecular flexibility index (Phi) is 12.3. The summed E-state index contributed by atoms with van der Waals surface area (Å²) in [6.07, 6.45) is 16.8. The lowest BCUT2D eigenvalue weighted by Gasteiger charge is -2.22. The third-order valence-electron chi connectivity index (χ3n) is 3.26. The van der Waals surface area contributed by atoms with Gasteiger partial charge in [-0.15, -0.1) is 0 Å². The number of allylic oxidation sites excluding steroid dienone is 2. The molecule has 2 rings (SSSR count). The van der Waals surface area contributed by atoms with Gasteiger partial charge in [-0.3, -0.25) is 0 Å². The molecule has 2 aliphatic heterocycles. The van der Waals surface area contributed by atoms with E-state index in [9.17, 15) is 0 Å². The van der Waals surface area contributed by atoms with Gasteiger partial charge in [0.15, 0.2) is 0 Å². The summed E-state index contributed by atoms with van der Waals surface area (Å²) in [5, 5.41) is 0. The molecule has 0 radical (unpaired) electrons. The van der Waals surface area contributed by atoms with Crippen molar-refractivity contribution in [1.82, 2.24) is 9.80 Å². The lowest BCUT2D eigenvalue weighted by atomic mass is 10.3. The highest BCUT2D eigenvalue weighted by Gasteiger charge is 2.02. The lowest BCUT2D eigenvalue weighted by molar-refractivity contribution is 0.318. The van der Waals surface area contributed by atoms with E-state index in [2.05, 4.69) is 67.3 Å². The van der Waals surface area contributed by atoms with Crippen molar-refractivity contribution in [2.75, 3.05) is 26.7 Å². The summed E-state index contributed by atoms with van der Waals surface area (Å²) in [6, 6.07) is 0.635. The number of hydrogen-bond donors (Lipinski definition) is 0. The fourth-order valence-electron chi connectivity index (χ4n) is 2.00. The molecule has 2 nitrogen and oxygen atoms in total. The summed E-state index contributed by atoms with van der Waals surface area (Å²) in [7, 11) is 2.17. The zero-order valence-electron chi connectivity index (χ0n) is 14.2. The summed E-state index contributed by atoms with van der Waals surface area (Å²) in [4.78, 5) is 4.71. The molecule has 2 heterocycles. The molecule has 0 unspecified atom stereocenters. The minimum atomic E-state index is 0.635. The average Bonchev–Trinajstić information content (AvgIpc) is 2.86. The maximum Gasteiger partial charge on any atom is 0.0227 e. The maximum absolute atomic E-state index is 2.36. The number of rotatable bonds is 1. The predicted molar refractivity (Wildman–Crippen MR) is 92.0 cm³/mol. The van der Waals surface area contributed by atoms with Crippen molar-refractivity contribution in [3.63, 3.8) is 0 Å². The Labute approximate surface area is 126 Å². The van der Waals surface area contributed by atoms with Crippen LogP contribution in [0.1, 0.15) is 47.0 Å². The van der Waals surface area contributed by atoms with Crippen molar-refractivity contribution >= 4 is 0 Å². The first kappa shape index (κ1) is 19.0. The first-order valence-electron chi connectivity index (χ1n) is 8.13. The van der Waals surface area contributed by atoms with Crippen molar-refractivity contribution in [1.29, 1.82) is 0 Å². The van der Waals surface area contributed by atoms with Gasteiger partial charge in [-0.2, -0.15) is 0 Å². The Morgan fingerprint density at radius 2 is 1.35 bits per heavy atom. The van der Waals surface area contributed by atoms with Crippen LogP contribution >= 0.6 is 0 Å². The quantitative estimate of drug-likeness (QED) is 0.653. The smallest absolute Gasteiger partial charge is 0.0227 e. The molecule has 0 aromatic rings. The lowest BCUT2D eigenvalue weighted by Crippen LogP contribution is -2.25. The van der Waals surface area contributed by atoms with Gasteiger partial charge in [0.1, 0.15) is 0 Å². The molecule has 2 aliphatic rings. The molecule has 0 fully saturated rings. The van der Waals surface area contributed by atoms with Crippen molar-refractivity contribution in [2.45, 2.75) is 53.0 Å². The van der Waals surface area contributed by atoms with Crippen LogP contribution in [0.2, 0.25) is 0 Å². The van der Waals surface area contributed by atoms with Crippen LogP contribution in [-0.2, 0) is 0 Å². The molecule has 0 bridgehead atoms. The van der Waals surface area contributed by atoms with Crippen molar-refractivity contribution in [3.8, 4) is 0 Å². The van der Waals surface area contributed by atoms with Crippen LogP contribution in [0, 0.1) is 0 Å². The molecule has 0 saturated carbocycles. The van der Waals surface area contributed by atoms with E-state index in [0.29, 0.717) is 6.04 Å². The molecular weight excluding hydrogens is 244 g/mol. The minimum Gasteiger partial charge on any atom is -0.375 e. The van der Waals surface area contributed by atoms with Gasteiger partial charge in [-0.1, -0.05) is 38.2 Å². The highest BCUT2D eigenvalue weighted by atomic mass is 15.1. The Morgan fingerprint density at radius 1 is 0.800 bits per heavy atom. The van der Waals surface area contributed by atoms with Crippen LogP contribution < -0.4 is 0 Å². The Hall–Kier alpha value is -1.02. The predicted octanol–water partition coefficient (Wildman–Crippen LogP) is 4.46. The Bertz CT molecular complexity index is 280. The van der Waals surface area contributed by atoms with Crippen LogP contribution in [-0.4, -0.2) is 42.5 Å². The molecule has 0 saturated heterocycles. The molecular formula is C18H34N2. The maximum atomic E-state index is 2.36. The van der Waals surface area contributed by atoms with Crippen LogP contribution in [0.3, 0.4) is 0 Å². The second-order valence-corrected chi connectivity index (χ2v) is 5.24.